The number of Topliss-reactive ketones (excluding diaryl/α,β-unsaturated/α-hetero) is 1. The summed E-state index contributed by atoms with van der Waals surface area (Å²) in [6.07, 6.45) is 2.25. The van der Waals surface area contributed by atoms with E-state index in [2.05, 4.69) is 25.7 Å². The molecule has 0 bridgehead atoms. The number of ketones is 1. The highest BCUT2D eigenvalue weighted by atomic mass is 16.1. The molecular weight excluding hydrogens is 198 g/mol. The third kappa shape index (κ3) is 2.85. The zero-order valence-electron chi connectivity index (χ0n) is 11.7. The summed E-state index contributed by atoms with van der Waals surface area (Å²) in [7, 11) is 0. The molecule has 2 unspecified atom stereocenters. The minimum atomic E-state index is -0.208. The van der Waals surface area contributed by atoms with Crippen molar-refractivity contribution in [3.8, 4) is 0 Å². The van der Waals surface area contributed by atoms with E-state index in [0.29, 0.717) is 17.7 Å². The van der Waals surface area contributed by atoms with Crippen LogP contribution in [0.25, 0.3) is 0 Å². The molecule has 94 valence electrons. The number of carbonyl (C=O) groups excluding carboxylic acids is 1. The van der Waals surface area contributed by atoms with E-state index in [1.165, 1.54) is 6.42 Å². The van der Waals surface area contributed by atoms with Gasteiger partial charge in [0.2, 0.25) is 0 Å². The van der Waals surface area contributed by atoms with Gasteiger partial charge in [0, 0.05) is 18.0 Å². The van der Waals surface area contributed by atoms with Crippen molar-refractivity contribution in [1.82, 2.24) is 4.90 Å². The third-order valence-corrected chi connectivity index (χ3v) is 3.71. The van der Waals surface area contributed by atoms with Gasteiger partial charge in [-0.15, -0.1) is 0 Å². The van der Waals surface area contributed by atoms with E-state index in [-0.39, 0.29) is 11.5 Å². The zero-order valence-corrected chi connectivity index (χ0v) is 11.7. The second-order valence-corrected chi connectivity index (χ2v) is 6.43. The van der Waals surface area contributed by atoms with Gasteiger partial charge in [-0.1, -0.05) is 34.1 Å². The van der Waals surface area contributed by atoms with Crippen molar-refractivity contribution in [1.29, 1.82) is 0 Å². The molecule has 2 nitrogen and oxygen atoms in total. The maximum Gasteiger partial charge on any atom is 0.155 e. The summed E-state index contributed by atoms with van der Waals surface area (Å²) in [5.41, 5.74) is -0.208. The van der Waals surface area contributed by atoms with Crippen molar-refractivity contribution in [3.63, 3.8) is 0 Å². The molecule has 1 aliphatic heterocycles. The monoisotopic (exact) mass is 225 g/mol. The first kappa shape index (κ1) is 13.7. The molecule has 16 heavy (non-hydrogen) atoms. The van der Waals surface area contributed by atoms with Gasteiger partial charge in [0.25, 0.3) is 0 Å². The molecule has 2 heteroatoms. The van der Waals surface area contributed by atoms with Crippen LogP contribution in [0.2, 0.25) is 0 Å². The van der Waals surface area contributed by atoms with Crippen molar-refractivity contribution < 1.29 is 4.79 Å². The van der Waals surface area contributed by atoms with Crippen LogP contribution < -0.4 is 0 Å². The molecule has 1 fully saturated rings. The Morgan fingerprint density at radius 3 is 2.31 bits per heavy atom. The fourth-order valence-corrected chi connectivity index (χ4v) is 2.58. The Morgan fingerprint density at radius 1 is 1.38 bits per heavy atom. The van der Waals surface area contributed by atoms with Crippen LogP contribution >= 0.6 is 0 Å². The maximum atomic E-state index is 12.4. The zero-order chi connectivity index (χ0) is 12.5. The largest absolute Gasteiger partial charge is 0.297 e. The fraction of sp³-hybridized carbons (Fsp3) is 0.929. The molecule has 0 N–H and O–H groups in total. The van der Waals surface area contributed by atoms with E-state index in [1.54, 1.807) is 0 Å². The lowest BCUT2D eigenvalue weighted by atomic mass is 9.84. The van der Waals surface area contributed by atoms with Crippen LogP contribution in [0.1, 0.15) is 54.4 Å². The molecule has 1 rings (SSSR count). The van der Waals surface area contributed by atoms with Gasteiger partial charge < -0.3 is 0 Å². The highest BCUT2D eigenvalue weighted by Crippen LogP contribution is 2.32. The average molecular weight is 225 g/mol. The van der Waals surface area contributed by atoms with Crippen LogP contribution in [-0.4, -0.2) is 29.3 Å². The summed E-state index contributed by atoms with van der Waals surface area (Å²) in [6, 6.07) is 0.637. The molecule has 0 aromatic carbocycles. The summed E-state index contributed by atoms with van der Waals surface area (Å²) in [5, 5.41) is 0. The van der Waals surface area contributed by atoms with Crippen LogP contribution in [0.3, 0.4) is 0 Å². The van der Waals surface area contributed by atoms with E-state index in [0.717, 1.165) is 13.0 Å². The molecule has 0 aromatic rings. The number of carbonyl (C=O) groups is 1. The summed E-state index contributed by atoms with van der Waals surface area (Å²) < 4.78 is 0. The van der Waals surface area contributed by atoms with E-state index in [1.807, 2.05) is 20.8 Å². The molecule has 1 aliphatic rings. The Bertz CT molecular complexity index is 252. The Labute approximate surface area is 100 Å². The molecule has 1 saturated heterocycles. The van der Waals surface area contributed by atoms with Crippen molar-refractivity contribution in [2.75, 3.05) is 6.54 Å². The topological polar surface area (TPSA) is 20.3 Å². The summed E-state index contributed by atoms with van der Waals surface area (Å²) in [4.78, 5) is 14.8. The van der Waals surface area contributed by atoms with Crippen molar-refractivity contribution >= 4 is 5.78 Å². The molecule has 0 amide bonds. The van der Waals surface area contributed by atoms with Gasteiger partial charge in [-0.2, -0.15) is 0 Å². The van der Waals surface area contributed by atoms with Crippen molar-refractivity contribution in [3.05, 3.63) is 0 Å². The van der Waals surface area contributed by atoms with Gasteiger partial charge in [-0.3, -0.25) is 9.69 Å². The van der Waals surface area contributed by atoms with Crippen LogP contribution in [0, 0.1) is 11.3 Å². The van der Waals surface area contributed by atoms with Gasteiger partial charge in [-0.25, -0.2) is 0 Å². The molecule has 0 aromatic heterocycles. The molecule has 0 radical (unpaired) electrons. The lowest BCUT2D eigenvalue weighted by Gasteiger charge is -2.31. The lowest BCUT2D eigenvalue weighted by molar-refractivity contribution is -0.131. The van der Waals surface area contributed by atoms with Crippen molar-refractivity contribution in [2.24, 2.45) is 11.3 Å². The van der Waals surface area contributed by atoms with Gasteiger partial charge >= 0.3 is 0 Å². The molecule has 0 saturated carbocycles. The number of nitrogens with zero attached hydrogens (tertiary/aromatic N) is 1. The normalized spacial score (nSPS) is 27.7. The molecule has 1 heterocycles. The Balaban J connectivity index is 2.81. The first-order valence-corrected chi connectivity index (χ1v) is 6.57. The summed E-state index contributed by atoms with van der Waals surface area (Å²) >= 11 is 0. The minimum Gasteiger partial charge on any atom is -0.297 e. The number of likely N-dealkylation sites (tertiary alicyclic amines) is 1. The summed E-state index contributed by atoms with van der Waals surface area (Å²) in [5.74, 6) is 1.12. The smallest absolute Gasteiger partial charge is 0.155 e. The van der Waals surface area contributed by atoms with Gasteiger partial charge in [0.1, 0.15) is 0 Å². The third-order valence-electron chi connectivity index (χ3n) is 3.71. The predicted molar refractivity (Wildman–Crippen MR) is 68.5 cm³/mol. The van der Waals surface area contributed by atoms with Gasteiger partial charge in [0.05, 0.1) is 6.04 Å². The summed E-state index contributed by atoms with van der Waals surface area (Å²) in [6.45, 7) is 13.8. The predicted octanol–water partition coefficient (Wildman–Crippen LogP) is 3.11. The fourth-order valence-electron chi connectivity index (χ4n) is 2.58. The second kappa shape index (κ2) is 4.87. The quantitative estimate of drug-likeness (QED) is 0.735. The molecule has 2 atom stereocenters. The highest BCUT2D eigenvalue weighted by molar-refractivity contribution is 5.89. The van der Waals surface area contributed by atoms with E-state index in [4.69, 9.17) is 0 Å². The number of hydrogen-bond donors (Lipinski definition) is 0. The first-order chi connectivity index (χ1) is 7.27. The van der Waals surface area contributed by atoms with Crippen LogP contribution in [-0.2, 0) is 4.79 Å². The highest BCUT2D eigenvalue weighted by Gasteiger charge is 2.40. The average Bonchev–Trinajstić information content (AvgIpc) is 2.58. The van der Waals surface area contributed by atoms with Gasteiger partial charge in [-0.05, 0) is 26.2 Å². The van der Waals surface area contributed by atoms with E-state index >= 15 is 0 Å². The molecule has 0 aliphatic carbocycles. The number of hydrogen-bond acceptors (Lipinski definition) is 2. The van der Waals surface area contributed by atoms with E-state index in [9.17, 15) is 4.79 Å². The standard InChI is InChI=1S/C14H27NO/c1-7-11-8-12(13(16)14(4,5)6)15(9-11)10(2)3/h10-12H,7-9H2,1-6H3. The first-order valence-electron chi connectivity index (χ1n) is 6.57. The van der Waals surface area contributed by atoms with Gasteiger partial charge in [0.15, 0.2) is 5.78 Å². The SMILES string of the molecule is CCC1CC(C(=O)C(C)(C)C)N(C(C)C)C1. The maximum absolute atomic E-state index is 12.4. The second-order valence-electron chi connectivity index (χ2n) is 6.43. The molecule has 0 spiro atoms. The van der Waals surface area contributed by atoms with E-state index < -0.39 is 0 Å². The van der Waals surface area contributed by atoms with Crippen LogP contribution in [0.4, 0.5) is 0 Å². The number of rotatable bonds is 3. The van der Waals surface area contributed by atoms with Crippen LogP contribution in [0.15, 0.2) is 0 Å². The van der Waals surface area contributed by atoms with Crippen LogP contribution in [0.5, 0.6) is 0 Å². The Kier molecular flexibility index (Phi) is 4.17. The van der Waals surface area contributed by atoms with Crippen molar-refractivity contribution in [2.45, 2.75) is 66.5 Å². The Hall–Kier alpha value is -0.370. The molecular formula is C14H27NO. The lowest BCUT2D eigenvalue weighted by Crippen LogP contribution is -2.44. The minimum absolute atomic E-state index is 0.157. The Morgan fingerprint density at radius 2 is 1.94 bits per heavy atom.